The predicted molar refractivity (Wildman–Crippen MR) is 166 cm³/mol. The molecule has 0 aliphatic carbocycles. The summed E-state index contributed by atoms with van der Waals surface area (Å²) in [6, 6.07) is 47.5. The first-order valence-electron chi connectivity index (χ1n) is 13.6. The van der Waals surface area contributed by atoms with Gasteiger partial charge in [-0.15, -0.1) is 0 Å². The van der Waals surface area contributed by atoms with E-state index in [4.69, 9.17) is 19.4 Å². The molecule has 2 heterocycles. The summed E-state index contributed by atoms with van der Waals surface area (Å²) >= 11 is 0. The minimum atomic E-state index is 0.606. The maximum absolute atomic E-state index is 6.45. The number of hydrogen-bond donors (Lipinski definition) is 0. The van der Waals surface area contributed by atoms with Crippen LogP contribution in [0.5, 0.6) is 0 Å². The number of aromatic nitrogens is 3. The van der Waals surface area contributed by atoms with Crippen LogP contribution in [0.3, 0.4) is 0 Å². The minimum absolute atomic E-state index is 0.606. The maximum Gasteiger partial charge on any atom is 0.164 e. The molecule has 0 spiro atoms. The molecule has 6 aromatic carbocycles. The number of furan rings is 1. The fraction of sp³-hybridized carbons (Fsp3) is 0. The summed E-state index contributed by atoms with van der Waals surface area (Å²) in [7, 11) is 0. The highest BCUT2D eigenvalue weighted by Gasteiger charge is 2.17. The summed E-state index contributed by atoms with van der Waals surface area (Å²) < 4.78 is 6.45. The molecule has 0 aliphatic heterocycles. The van der Waals surface area contributed by atoms with Crippen LogP contribution >= 0.6 is 0 Å². The predicted octanol–water partition coefficient (Wildman–Crippen LogP) is 9.59. The maximum atomic E-state index is 6.45. The molecule has 0 saturated heterocycles. The van der Waals surface area contributed by atoms with Crippen molar-refractivity contribution >= 4 is 32.7 Å². The molecule has 0 N–H and O–H groups in total. The zero-order valence-electron chi connectivity index (χ0n) is 22.0. The molecule has 0 fully saturated rings. The van der Waals surface area contributed by atoms with Gasteiger partial charge in [0.1, 0.15) is 11.2 Å². The number of hydrogen-bond acceptors (Lipinski definition) is 4. The highest BCUT2D eigenvalue weighted by molar-refractivity contribution is 6.15. The van der Waals surface area contributed by atoms with Crippen molar-refractivity contribution in [3.05, 3.63) is 140 Å². The standard InChI is InChI=1S/C37H23N3O/c1-3-12-25(13-4-1)35-38-36(26-14-5-2-6-15-26)40-37(39-35)27-21-22-31-33(23-27)41-32-20-10-19-30(34(31)32)29-18-9-16-24-11-7-8-17-28(24)29/h1-23H. The quantitative estimate of drug-likeness (QED) is 0.230. The van der Waals surface area contributed by atoms with Gasteiger partial charge in [-0.25, -0.2) is 15.0 Å². The molecule has 0 saturated carbocycles. The number of rotatable bonds is 4. The first kappa shape index (κ1) is 23.3. The molecular weight excluding hydrogens is 502 g/mol. The van der Waals surface area contributed by atoms with Crippen LogP contribution in [-0.4, -0.2) is 15.0 Å². The second-order valence-corrected chi connectivity index (χ2v) is 10.1. The summed E-state index contributed by atoms with van der Waals surface area (Å²) in [4.78, 5) is 14.6. The lowest BCUT2D eigenvalue weighted by Crippen LogP contribution is -2.00. The van der Waals surface area contributed by atoms with Crippen molar-refractivity contribution in [1.29, 1.82) is 0 Å². The van der Waals surface area contributed by atoms with E-state index in [2.05, 4.69) is 66.7 Å². The van der Waals surface area contributed by atoms with Gasteiger partial charge in [0.25, 0.3) is 0 Å². The van der Waals surface area contributed by atoms with E-state index in [-0.39, 0.29) is 0 Å². The highest BCUT2D eigenvalue weighted by atomic mass is 16.3. The Labute approximate surface area is 236 Å². The number of benzene rings is 6. The van der Waals surface area contributed by atoms with Crippen molar-refractivity contribution in [2.45, 2.75) is 0 Å². The van der Waals surface area contributed by atoms with Gasteiger partial charge < -0.3 is 4.42 Å². The van der Waals surface area contributed by atoms with Crippen LogP contribution in [0.2, 0.25) is 0 Å². The van der Waals surface area contributed by atoms with Gasteiger partial charge >= 0.3 is 0 Å². The van der Waals surface area contributed by atoms with Crippen molar-refractivity contribution in [2.75, 3.05) is 0 Å². The van der Waals surface area contributed by atoms with Crippen molar-refractivity contribution in [3.63, 3.8) is 0 Å². The topological polar surface area (TPSA) is 51.8 Å². The Morgan fingerprint density at radius 3 is 1.71 bits per heavy atom. The summed E-state index contributed by atoms with van der Waals surface area (Å²) in [6.45, 7) is 0. The molecule has 0 unspecified atom stereocenters. The van der Waals surface area contributed by atoms with Gasteiger partial charge in [0.2, 0.25) is 0 Å². The van der Waals surface area contributed by atoms with Crippen LogP contribution in [0.25, 0.3) is 78.0 Å². The lowest BCUT2D eigenvalue weighted by atomic mass is 9.94. The fourth-order valence-corrected chi connectivity index (χ4v) is 5.59. The Hall–Kier alpha value is -5.61. The molecule has 0 atom stereocenters. The van der Waals surface area contributed by atoms with Crippen molar-refractivity contribution in [3.8, 4) is 45.3 Å². The van der Waals surface area contributed by atoms with E-state index in [0.717, 1.165) is 44.2 Å². The van der Waals surface area contributed by atoms with Gasteiger partial charge in [-0.3, -0.25) is 0 Å². The summed E-state index contributed by atoms with van der Waals surface area (Å²) in [6.07, 6.45) is 0. The van der Waals surface area contributed by atoms with Crippen LogP contribution < -0.4 is 0 Å². The van der Waals surface area contributed by atoms with Gasteiger partial charge in [-0.05, 0) is 40.1 Å². The third kappa shape index (κ3) is 4.05. The lowest BCUT2D eigenvalue weighted by Gasteiger charge is -2.09. The molecular formula is C37H23N3O. The second kappa shape index (κ2) is 9.54. The zero-order valence-corrected chi connectivity index (χ0v) is 22.0. The molecule has 4 nitrogen and oxygen atoms in total. The van der Waals surface area contributed by atoms with Gasteiger partial charge in [0.05, 0.1) is 0 Å². The average Bonchev–Trinajstić information content (AvgIpc) is 3.43. The third-order valence-electron chi connectivity index (χ3n) is 7.53. The largest absolute Gasteiger partial charge is 0.456 e. The molecule has 4 heteroatoms. The van der Waals surface area contributed by atoms with Crippen LogP contribution in [-0.2, 0) is 0 Å². The monoisotopic (exact) mass is 525 g/mol. The molecule has 0 amide bonds. The SMILES string of the molecule is c1ccc(-c2nc(-c3ccccc3)nc(-c3ccc4c(c3)oc3cccc(-c5cccc6ccccc56)c34)n2)cc1. The van der Waals surface area contributed by atoms with E-state index in [1.807, 2.05) is 72.8 Å². The van der Waals surface area contributed by atoms with Gasteiger partial charge in [0.15, 0.2) is 17.5 Å². The molecule has 8 aromatic rings. The zero-order chi connectivity index (χ0) is 27.2. The Balaban J connectivity index is 1.32. The van der Waals surface area contributed by atoms with E-state index in [9.17, 15) is 0 Å². The van der Waals surface area contributed by atoms with Crippen molar-refractivity contribution in [1.82, 2.24) is 15.0 Å². The minimum Gasteiger partial charge on any atom is -0.456 e. The molecule has 0 bridgehead atoms. The molecule has 0 radical (unpaired) electrons. The first-order chi connectivity index (χ1) is 20.3. The van der Waals surface area contributed by atoms with Gasteiger partial charge in [-0.2, -0.15) is 0 Å². The summed E-state index contributed by atoms with van der Waals surface area (Å²) in [5.41, 5.74) is 6.76. The van der Waals surface area contributed by atoms with Gasteiger partial charge in [-0.1, -0.05) is 121 Å². The van der Waals surface area contributed by atoms with Crippen molar-refractivity contribution < 1.29 is 4.42 Å². The molecule has 8 rings (SSSR count). The normalized spacial score (nSPS) is 11.4. The number of fused-ring (bicyclic) bond motifs is 4. The van der Waals surface area contributed by atoms with Crippen LogP contribution in [0.1, 0.15) is 0 Å². The molecule has 2 aromatic heterocycles. The van der Waals surface area contributed by atoms with Crippen molar-refractivity contribution in [2.24, 2.45) is 0 Å². The van der Waals surface area contributed by atoms with E-state index in [0.29, 0.717) is 17.5 Å². The van der Waals surface area contributed by atoms with E-state index >= 15 is 0 Å². The Bertz CT molecular complexity index is 2140. The molecule has 41 heavy (non-hydrogen) atoms. The van der Waals surface area contributed by atoms with Crippen LogP contribution in [0.4, 0.5) is 0 Å². The Kier molecular flexibility index (Phi) is 5.42. The lowest BCUT2D eigenvalue weighted by molar-refractivity contribution is 0.669. The second-order valence-electron chi connectivity index (χ2n) is 10.1. The Morgan fingerprint density at radius 1 is 0.390 bits per heavy atom. The summed E-state index contributed by atoms with van der Waals surface area (Å²) in [5, 5.41) is 4.61. The Morgan fingerprint density at radius 2 is 0.976 bits per heavy atom. The third-order valence-corrected chi connectivity index (χ3v) is 7.53. The molecule has 0 aliphatic rings. The highest BCUT2D eigenvalue weighted by Crippen LogP contribution is 2.40. The van der Waals surface area contributed by atoms with Gasteiger partial charge in [0, 0.05) is 27.5 Å². The smallest absolute Gasteiger partial charge is 0.164 e. The van der Waals surface area contributed by atoms with Crippen LogP contribution in [0, 0.1) is 0 Å². The first-order valence-corrected chi connectivity index (χ1v) is 13.6. The number of nitrogens with zero attached hydrogens (tertiary/aromatic N) is 3. The van der Waals surface area contributed by atoms with Crippen LogP contribution in [0.15, 0.2) is 144 Å². The van der Waals surface area contributed by atoms with E-state index in [1.54, 1.807) is 0 Å². The summed E-state index contributed by atoms with van der Waals surface area (Å²) in [5.74, 6) is 1.88. The average molecular weight is 526 g/mol. The van der Waals surface area contributed by atoms with E-state index < -0.39 is 0 Å². The van der Waals surface area contributed by atoms with E-state index in [1.165, 1.54) is 16.3 Å². The fourth-order valence-electron chi connectivity index (χ4n) is 5.59. The molecule has 192 valence electrons.